The summed E-state index contributed by atoms with van der Waals surface area (Å²) in [5, 5.41) is 0. The van der Waals surface area contributed by atoms with Crippen LogP contribution in [0.4, 0.5) is 0 Å². The largest absolute Gasteiger partial charge is 0.372 e. The highest BCUT2D eigenvalue weighted by molar-refractivity contribution is 7.16. The number of hydrogen-bond acceptors (Lipinski definition) is 2. The fraction of sp³-hybridized carbons (Fsp3) is 0. The van der Waals surface area contributed by atoms with Crippen LogP contribution >= 0.6 is 8.69 Å². The van der Waals surface area contributed by atoms with Crippen LogP contribution in [0.3, 0.4) is 0 Å². The summed E-state index contributed by atoms with van der Waals surface area (Å²) >= 11 is 0. The van der Waals surface area contributed by atoms with Crippen LogP contribution in [0.15, 0.2) is 0 Å². The van der Waals surface area contributed by atoms with Crippen LogP contribution in [0.1, 0.15) is 0 Å². The Kier molecular flexibility index (Phi) is 34.6. The molecule has 0 aromatic heterocycles. The van der Waals surface area contributed by atoms with Crippen molar-refractivity contribution in [1.29, 1.82) is 0 Å². The van der Waals surface area contributed by atoms with E-state index in [9.17, 15) is 0 Å². The van der Waals surface area contributed by atoms with Crippen molar-refractivity contribution in [1.82, 2.24) is 0 Å². The van der Waals surface area contributed by atoms with E-state index in [1.165, 1.54) is 0 Å². The van der Waals surface area contributed by atoms with Crippen molar-refractivity contribution >= 4 is 15.1 Å². The maximum absolute atomic E-state index is 8.58. The molecule has 1 unspecified atom stereocenters. The zero-order chi connectivity index (χ0) is 5.41. The van der Waals surface area contributed by atoms with Gasteiger partial charge in [0.25, 0.3) is 0 Å². The Labute approximate surface area is 36.2 Å². The van der Waals surface area contributed by atoms with E-state index in [0.29, 0.717) is 0 Å². The first-order chi connectivity index (χ1) is 2.83. The van der Waals surface area contributed by atoms with Crippen LogP contribution in [-0.2, 0) is 9.36 Å². The van der Waals surface area contributed by atoms with Crippen LogP contribution in [0.5, 0.6) is 0 Å². The molecule has 0 aromatic rings. The normalized spacial score (nSPS) is 6.83. The van der Waals surface area contributed by atoms with Gasteiger partial charge in [-0.05, 0) is 0 Å². The van der Waals surface area contributed by atoms with Gasteiger partial charge in [-0.2, -0.15) is 0 Å². The summed E-state index contributed by atoms with van der Waals surface area (Å²) in [5.74, 6) is 0. The lowest BCUT2D eigenvalue weighted by atomic mass is 11.5. The van der Waals surface area contributed by atoms with Crippen molar-refractivity contribution < 1.29 is 14.3 Å². The predicted octanol–water partition coefficient (Wildman–Crippen LogP) is -1.25. The Morgan fingerprint density at radius 2 is 1.83 bits per heavy atom. The Morgan fingerprint density at radius 1 is 1.83 bits per heavy atom. The molecule has 3 N–H and O–H groups in total. The number of primary amides is 1. The van der Waals surface area contributed by atoms with Crippen molar-refractivity contribution in [2.24, 2.45) is 5.73 Å². The van der Waals surface area contributed by atoms with Gasteiger partial charge in [-0.3, -0.25) is 9.36 Å². The third-order valence-electron chi connectivity index (χ3n) is 0. The van der Waals surface area contributed by atoms with Crippen LogP contribution in [0.2, 0.25) is 0 Å². The van der Waals surface area contributed by atoms with Gasteiger partial charge >= 0.3 is 0 Å². The van der Waals surface area contributed by atoms with Crippen LogP contribution in [0.25, 0.3) is 0 Å². The second kappa shape index (κ2) is 22.7. The highest BCUT2D eigenvalue weighted by Crippen LogP contribution is 1.66. The molecule has 0 rings (SSSR count). The van der Waals surface area contributed by atoms with E-state index in [-0.39, 0.29) is 6.41 Å². The monoisotopic (exact) mass is 111 g/mol. The molecule has 0 aliphatic heterocycles. The average molecular weight is 111 g/mol. The van der Waals surface area contributed by atoms with E-state index in [1.54, 1.807) is 0 Å². The third kappa shape index (κ3) is 224. The minimum absolute atomic E-state index is 0.250. The van der Waals surface area contributed by atoms with Crippen molar-refractivity contribution in [2.75, 3.05) is 0 Å². The van der Waals surface area contributed by atoms with Gasteiger partial charge in [0.1, 0.15) is 0 Å². The molecular formula is CH6NO3P. The fourth-order valence-corrected chi connectivity index (χ4v) is 0. The molecular weight excluding hydrogens is 105 g/mol. The zero-order valence-corrected chi connectivity index (χ0v) is 4.15. The molecule has 6 heavy (non-hydrogen) atoms. The summed E-state index contributed by atoms with van der Waals surface area (Å²) < 4.78 is 8.57. The van der Waals surface area contributed by atoms with Crippen molar-refractivity contribution in [3.63, 3.8) is 0 Å². The fourth-order valence-electron chi connectivity index (χ4n) is 0. The lowest BCUT2D eigenvalue weighted by Crippen LogP contribution is -1.82. The van der Waals surface area contributed by atoms with Gasteiger partial charge in [0, 0.05) is 0 Å². The van der Waals surface area contributed by atoms with Crippen LogP contribution in [0, 0.1) is 0 Å². The molecule has 4 nitrogen and oxygen atoms in total. The average Bonchev–Trinajstić information content (AvgIpc) is 1.39. The summed E-state index contributed by atoms with van der Waals surface area (Å²) in [4.78, 5) is 15.7. The quantitative estimate of drug-likeness (QED) is 0.303. The minimum atomic E-state index is -1.50. The van der Waals surface area contributed by atoms with E-state index >= 15 is 0 Å². The minimum Gasteiger partial charge on any atom is -0.372 e. The van der Waals surface area contributed by atoms with E-state index in [2.05, 4.69) is 5.73 Å². The van der Waals surface area contributed by atoms with Gasteiger partial charge in [-0.1, -0.05) is 0 Å². The summed E-state index contributed by atoms with van der Waals surface area (Å²) in [5.41, 5.74) is 4.17. The van der Waals surface area contributed by atoms with Crippen LogP contribution < -0.4 is 5.73 Å². The molecule has 0 heterocycles. The standard InChI is InChI=1S/CH3NO.H3O2P/c2-1-3;1-3-2/h1H,(H2,2,3);3H2,(H,1,2). The Balaban J connectivity index is 0. The molecule has 5 heteroatoms. The number of rotatable bonds is 0. The van der Waals surface area contributed by atoms with Crippen molar-refractivity contribution in [3.8, 4) is 0 Å². The second-order valence-electron chi connectivity index (χ2n) is 0.241. The molecule has 1 atom stereocenters. The zero-order valence-electron chi connectivity index (χ0n) is 3.00. The summed E-state index contributed by atoms with van der Waals surface area (Å²) in [6.45, 7) is 0. The maximum Gasteiger partial charge on any atom is 0.204 e. The van der Waals surface area contributed by atoms with E-state index in [1.807, 2.05) is 0 Å². The van der Waals surface area contributed by atoms with Gasteiger partial charge < -0.3 is 10.6 Å². The molecule has 1 amide bonds. The SMILES string of the molecule is NC=O.O=[PH2]O. The molecule has 0 aromatic carbocycles. The molecule has 0 saturated carbocycles. The Bertz CT molecular complexity index is 31.8. The Morgan fingerprint density at radius 3 is 1.83 bits per heavy atom. The number of carbonyl (C=O) groups is 1. The van der Waals surface area contributed by atoms with E-state index in [4.69, 9.17) is 14.3 Å². The maximum atomic E-state index is 8.58. The van der Waals surface area contributed by atoms with Gasteiger partial charge in [0.2, 0.25) is 6.41 Å². The summed E-state index contributed by atoms with van der Waals surface area (Å²) in [7, 11) is -1.50. The first-order valence-electron chi connectivity index (χ1n) is 1.06. The topological polar surface area (TPSA) is 80.4 Å². The molecule has 0 bridgehead atoms. The molecule has 0 aliphatic carbocycles. The van der Waals surface area contributed by atoms with Gasteiger partial charge in [0.05, 0.1) is 0 Å². The van der Waals surface area contributed by atoms with Crippen LogP contribution in [-0.4, -0.2) is 11.3 Å². The first kappa shape index (κ1) is 9.18. The molecule has 0 radical (unpaired) electrons. The smallest absolute Gasteiger partial charge is 0.204 e. The number of nitrogens with two attached hydrogens (primary N) is 1. The molecule has 0 saturated heterocycles. The van der Waals surface area contributed by atoms with E-state index in [0.717, 1.165) is 0 Å². The third-order valence-corrected chi connectivity index (χ3v) is 0. The van der Waals surface area contributed by atoms with Crippen molar-refractivity contribution in [2.45, 2.75) is 0 Å². The van der Waals surface area contributed by atoms with Gasteiger partial charge in [0.15, 0.2) is 8.69 Å². The van der Waals surface area contributed by atoms with Gasteiger partial charge in [-0.25, -0.2) is 0 Å². The number of carbonyl (C=O) groups excluding carboxylic acids is 1. The lowest BCUT2D eigenvalue weighted by molar-refractivity contribution is -0.106. The second-order valence-corrected chi connectivity index (χ2v) is 0.452. The molecule has 0 spiro atoms. The Hall–Kier alpha value is -0.340. The van der Waals surface area contributed by atoms with Gasteiger partial charge in [-0.15, -0.1) is 0 Å². The van der Waals surface area contributed by atoms with Crippen molar-refractivity contribution in [3.05, 3.63) is 0 Å². The lowest BCUT2D eigenvalue weighted by Gasteiger charge is -1.33. The summed E-state index contributed by atoms with van der Waals surface area (Å²) in [6.07, 6.45) is 0.250. The molecule has 38 valence electrons. The van der Waals surface area contributed by atoms with E-state index < -0.39 is 8.69 Å². The number of hydrogen-bond donors (Lipinski definition) is 2. The highest BCUT2D eigenvalue weighted by atomic mass is 31.1. The molecule has 0 fully saturated rings. The summed E-state index contributed by atoms with van der Waals surface area (Å²) in [6, 6.07) is 0. The first-order valence-corrected chi connectivity index (χ1v) is 2.05. The predicted molar refractivity (Wildman–Crippen MR) is 22.9 cm³/mol. The molecule has 0 aliphatic rings. The highest BCUT2D eigenvalue weighted by Gasteiger charge is 1.19. The number of amides is 1.